The van der Waals surface area contributed by atoms with Crippen LogP contribution in [0, 0.1) is 17.5 Å². The third-order valence-corrected chi connectivity index (χ3v) is 1.15. The third-order valence-electron chi connectivity index (χ3n) is 1.15. The molecule has 68 valence electrons. The van der Waals surface area contributed by atoms with Gasteiger partial charge in [0.15, 0.2) is 11.6 Å². The summed E-state index contributed by atoms with van der Waals surface area (Å²) in [4.78, 5) is 0. The molecule has 0 saturated carbocycles. The summed E-state index contributed by atoms with van der Waals surface area (Å²) in [5, 5.41) is 0. The number of halogens is 4. The van der Waals surface area contributed by atoms with Crippen LogP contribution in [0.3, 0.4) is 0 Å². The van der Waals surface area contributed by atoms with E-state index in [1.165, 1.54) is 0 Å². The first-order valence-electron chi connectivity index (χ1n) is 2.76. The molecule has 1 rings (SSSR count). The lowest BCUT2D eigenvalue weighted by molar-refractivity contribution is 0.547. The fourth-order valence-corrected chi connectivity index (χ4v) is 0.680. The zero-order valence-electron chi connectivity index (χ0n) is 5.77. The van der Waals surface area contributed by atoms with E-state index in [9.17, 15) is 13.2 Å². The van der Waals surface area contributed by atoms with Gasteiger partial charge in [0.2, 0.25) is 0 Å². The number of nitrogens with one attached hydrogen (secondary N) is 1. The number of nitrogens with two attached hydrogens (primary N) is 1. The molecule has 1 aromatic carbocycles. The van der Waals surface area contributed by atoms with Crippen molar-refractivity contribution in [2.75, 3.05) is 5.43 Å². The van der Waals surface area contributed by atoms with Crippen molar-refractivity contribution < 1.29 is 13.2 Å². The first kappa shape index (κ1) is 11.1. The van der Waals surface area contributed by atoms with Crippen molar-refractivity contribution in [3.63, 3.8) is 0 Å². The van der Waals surface area contributed by atoms with Crippen LogP contribution in [0.15, 0.2) is 12.1 Å². The SMILES string of the molecule is Cl.NNc1c(F)cc(F)cc1F. The van der Waals surface area contributed by atoms with Crippen LogP contribution in [0.25, 0.3) is 0 Å². The highest BCUT2D eigenvalue weighted by atomic mass is 35.5. The van der Waals surface area contributed by atoms with E-state index in [-0.39, 0.29) is 12.4 Å². The average molecular weight is 199 g/mol. The predicted octanol–water partition coefficient (Wildman–Crippen LogP) is 1.81. The smallest absolute Gasteiger partial charge is 0.153 e. The first-order chi connectivity index (χ1) is 5.15. The third kappa shape index (κ3) is 2.02. The van der Waals surface area contributed by atoms with E-state index in [1.807, 2.05) is 0 Å². The lowest BCUT2D eigenvalue weighted by Gasteiger charge is -2.02. The van der Waals surface area contributed by atoms with Crippen molar-refractivity contribution in [1.82, 2.24) is 0 Å². The van der Waals surface area contributed by atoms with Crippen LogP contribution in [0.1, 0.15) is 0 Å². The number of nitrogen functional groups attached to an aromatic ring is 1. The minimum absolute atomic E-state index is 0. The predicted molar refractivity (Wildman–Crippen MR) is 41.4 cm³/mol. The van der Waals surface area contributed by atoms with Gasteiger partial charge in [0.1, 0.15) is 11.5 Å². The molecular weight excluding hydrogens is 193 g/mol. The van der Waals surface area contributed by atoms with Crippen LogP contribution >= 0.6 is 12.4 Å². The second-order valence-corrected chi connectivity index (χ2v) is 1.89. The van der Waals surface area contributed by atoms with Crippen molar-refractivity contribution >= 4 is 18.1 Å². The molecule has 0 radical (unpaired) electrons. The van der Waals surface area contributed by atoms with E-state index in [0.717, 1.165) is 0 Å². The molecule has 1 aromatic rings. The number of anilines is 1. The number of benzene rings is 1. The Morgan fingerprint density at radius 2 is 1.50 bits per heavy atom. The summed E-state index contributed by atoms with van der Waals surface area (Å²) in [5.74, 6) is 1.67. The zero-order valence-corrected chi connectivity index (χ0v) is 6.59. The van der Waals surface area contributed by atoms with Gasteiger partial charge in [-0.3, -0.25) is 5.84 Å². The molecule has 0 amide bonds. The summed E-state index contributed by atoms with van der Waals surface area (Å²) in [6.45, 7) is 0. The van der Waals surface area contributed by atoms with Crippen LogP contribution in [-0.4, -0.2) is 0 Å². The Balaban J connectivity index is 0.00000121. The number of rotatable bonds is 1. The van der Waals surface area contributed by atoms with E-state index in [1.54, 1.807) is 5.43 Å². The van der Waals surface area contributed by atoms with Crippen LogP contribution in [0.4, 0.5) is 18.9 Å². The Morgan fingerprint density at radius 3 is 1.83 bits per heavy atom. The van der Waals surface area contributed by atoms with Crippen molar-refractivity contribution in [2.24, 2.45) is 5.84 Å². The highest BCUT2D eigenvalue weighted by molar-refractivity contribution is 5.85. The summed E-state index contributed by atoms with van der Waals surface area (Å²) in [5.41, 5.74) is 1.24. The molecule has 0 aromatic heterocycles. The maximum absolute atomic E-state index is 12.5. The van der Waals surface area contributed by atoms with E-state index >= 15 is 0 Å². The van der Waals surface area contributed by atoms with Gasteiger partial charge in [0.05, 0.1) is 0 Å². The Bertz CT molecular complexity index is 256. The monoisotopic (exact) mass is 198 g/mol. The highest BCUT2D eigenvalue weighted by Crippen LogP contribution is 2.18. The topological polar surface area (TPSA) is 38.0 Å². The number of hydrogen-bond acceptors (Lipinski definition) is 2. The van der Waals surface area contributed by atoms with E-state index < -0.39 is 23.1 Å². The second-order valence-electron chi connectivity index (χ2n) is 1.89. The van der Waals surface area contributed by atoms with E-state index in [2.05, 4.69) is 0 Å². The standard InChI is InChI=1S/C6H5F3N2.ClH/c7-3-1-4(8)6(11-10)5(9)2-3;/h1-2,11H,10H2;1H. The Labute approximate surface area is 72.9 Å². The maximum atomic E-state index is 12.5. The average Bonchev–Trinajstić information content (AvgIpc) is 1.85. The van der Waals surface area contributed by atoms with Gasteiger partial charge in [0, 0.05) is 12.1 Å². The molecule has 6 heteroatoms. The van der Waals surface area contributed by atoms with E-state index in [0.29, 0.717) is 12.1 Å². The molecule has 0 aliphatic rings. The van der Waals surface area contributed by atoms with Gasteiger partial charge < -0.3 is 5.43 Å². The summed E-state index contributed by atoms with van der Waals surface area (Å²) < 4.78 is 37.2. The summed E-state index contributed by atoms with van der Waals surface area (Å²) in [7, 11) is 0. The molecule has 2 nitrogen and oxygen atoms in total. The molecule has 0 aliphatic heterocycles. The zero-order chi connectivity index (χ0) is 8.43. The second kappa shape index (κ2) is 4.18. The fourth-order valence-electron chi connectivity index (χ4n) is 0.680. The van der Waals surface area contributed by atoms with Gasteiger partial charge in [0.25, 0.3) is 0 Å². The van der Waals surface area contributed by atoms with Crippen LogP contribution in [0.5, 0.6) is 0 Å². The quantitative estimate of drug-likeness (QED) is 0.534. The van der Waals surface area contributed by atoms with Crippen LogP contribution in [-0.2, 0) is 0 Å². The summed E-state index contributed by atoms with van der Waals surface area (Å²) >= 11 is 0. The molecule has 0 fully saturated rings. The normalized spacial score (nSPS) is 9.00. The van der Waals surface area contributed by atoms with Crippen LogP contribution in [0.2, 0.25) is 0 Å². The summed E-state index contributed by atoms with van der Waals surface area (Å²) in [6.07, 6.45) is 0. The van der Waals surface area contributed by atoms with Crippen molar-refractivity contribution in [2.45, 2.75) is 0 Å². The first-order valence-corrected chi connectivity index (χ1v) is 2.76. The maximum Gasteiger partial charge on any atom is 0.153 e. The van der Waals surface area contributed by atoms with Gasteiger partial charge in [-0.15, -0.1) is 12.4 Å². The molecule has 0 spiro atoms. The molecule has 0 saturated heterocycles. The molecule has 12 heavy (non-hydrogen) atoms. The van der Waals surface area contributed by atoms with Gasteiger partial charge in [-0.1, -0.05) is 0 Å². The van der Waals surface area contributed by atoms with Gasteiger partial charge in [-0.2, -0.15) is 0 Å². The van der Waals surface area contributed by atoms with E-state index in [4.69, 9.17) is 5.84 Å². The minimum Gasteiger partial charge on any atom is -0.319 e. The number of hydrazine groups is 1. The molecule has 0 aliphatic carbocycles. The molecule has 3 N–H and O–H groups in total. The lowest BCUT2D eigenvalue weighted by Crippen LogP contribution is -2.10. The van der Waals surface area contributed by atoms with Gasteiger partial charge in [-0.25, -0.2) is 13.2 Å². The Kier molecular flexibility index (Phi) is 3.85. The Hall–Kier alpha value is -0.940. The van der Waals surface area contributed by atoms with Crippen molar-refractivity contribution in [3.8, 4) is 0 Å². The fraction of sp³-hybridized carbons (Fsp3) is 0. The summed E-state index contributed by atoms with van der Waals surface area (Å²) in [6, 6.07) is 1.08. The van der Waals surface area contributed by atoms with Crippen LogP contribution < -0.4 is 11.3 Å². The van der Waals surface area contributed by atoms with Crippen molar-refractivity contribution in [3.05, 3.63) is 29.6 Å². The van der Waals surface area contributed by atoms with Crippen molar-refractivity contribution in [1.29, 1.82) is 0 Å². The Morgan fingerprint density at radius 1 is 1.08 bits per heavy atom. The highest BCUT2D eigenvalue weighted by Gasteiger charge is 2.08. The molecule has 0 unspecified atom stereocenters. The van der Waals surface area contributed by atoms with Gasteiger partial charge >= 0.3 is 0 Å². The lowest BCUT2D eigenvalue weighted by atomic mass is 10.3. The molecule has 0 bridgehead atoms. The van der Waals surface area contributed by atoms with Gasteiger partial charge in [-0.05, 0) is 0 Å². The molecule has 0 heterocycles. The molecular formula is C6H6ClF3N2. The largest absolute Gasteiger partial charge is 0.319 e. The minimum atomic E-state index is -1.05. The number of hydrogen-bond donors (Lipinski definition) is 2. The molecule has 0 atom stereocenters.